The molecule has 3 aromatic rings. The highest BCUT2D eigenvalue weighted by Crippen LogP contribution is 2.25. The van der Waals surface area contributed by atoms with Gasteiger partial charge in [0.05, 0.1) is 13.7 Å². The van der Waals surface area contributed by atoms with Crippen LogP contribution in [0.1, 0.15) is 24.3 Å². The van der Waals surface area contributed by atoms with Crippen molar-refractivity contribution in [3.8, 4) is 17.2 Å². The van der Waals surface area contributed by atoms with Gasteiger partial charge in [0.1, 0.15) is 5.75 Å². The highest BCUT2D eigenvalue weighted by Gasteiger charge is 2.26. The van der Waals surface area contributed by atoms with E-state index in [9.17, 15) is 0 Å². The lowest BCUT2D eigenvalue weighted by molar-refractivity contribution is 0.221. The van der Waals surface area contributed by atoms with E-state index in [0.717, 1.165) is 24.3 Å². The standard InChI is InChI=1S/C21H23N3O2/c1-25-19-11-9-17(10-12-19)21-23-22-20(26-21)15-24-13-5-8-18(24)14-16-6-3-2-4-7-16/h2-4,6-7,9-12,18H,5,8,13-15H2,1H3. The van der Waals surface area contributed by atoms with Crippen molar-refractivity contribution in [1.82, 2.24) is 15.1 Å². The van der Waals surface area contributed by atoms with Gasteiger partial charge in [-0.2, -0.15) is 0 Å². The summed E-state index contributed by atoms with van der Waals surface area (Å²) in [6, 6.07) is 18.9. The molecule has 1 fully saturated rings. The maximum absolute atomic E-state index is 5.90. The molecule has 1 unspecified atom stereocenters. The zero-order valence-corrected chi connectivity index (χ0v) is 15.0. The van der Waals surface area contributed by atoms with E-state index in [1.54, 1.807) is 7.11 Å². The molecule has 0 amide bonds. The molecule has 5 heteroatoms. The SMILES string of the molecule is COc1ccc(-c2nnc(CN3CCCC3Cc3ccccc3)o2)cc1. The third-order valence-electron chi connectivity index (χ3n) is 4.96. The predicted molar refractivity (Wildman–Crippen MR) is 99.9 cm³/mol. The van der Waals surface area contributed by atoms with Crippen molar-refractivity contribution in [2.24, 2.45) is 0 Å². The van der Waals surface area contributed by atoms with Crippen LogP contribution in [0.5, 0.6) is 5.75 Å². The van der Waals surface area contributed by atoms with Gasteiger partial charge in [-0.25, -0.2) is 0 Å². The largest absolute Gasteiger partial charge is 0.497 e. The first-order chi connectivity index (χ1) is 12.8. The van der Waals surface area contributed by atoms with Gasteiger partial charge < -0.3 is 9.15 Å². The number of likely N-dealkylation sites (tertiary alicyclic amines) is 1. The zero-order valence-electron chi connectivity index (χ0n) is 15.0. The van der Waals surface area contributed by atoms with Crippen molar-refractivity contribution in [3.05, 3.63) is 66.1 Å². The van der Waals surface area contributed by atoms with Gasteiger partial charge in [-0.3, -0.25) is 4.90 Å². The lowest BCUT2D eigenvalue weighted by atomic mass is 10.0. The molecule has 2 heterocycles. The second-order valence-corrected chi connectivity index (χ2v) is 6.69. The first-order valence-electron chi connectivity index (χ1n) is 9.06. The van der Waals surface area contributed by atoms with Gasteiger partial charge in [-0.05, 0) is 55.6 Å². The fourth-order valence-electron chi connectivity index (χ4n) is 3.56. The molecule has 0 saturated carbocycles. The second kappa shape index (κ2) is 7.70. The Labute approximate surface area is 153 Å². The first-order valence-corrected chi connectivity index (χ1v) is 9.06. The van der Waals surface area contributed by atoms with Gasteiger partial charge in [-0.15, -0.1) is 10.2 Å². The summed E-state index contributed by atoms with van der Waals surface area (Å²) in [4.78, 5) is 2.46. The summed E-state index contributed by atoms with van der Waals surface area (Å²) < 4.78 is 11.1. The minimum Gasteiger partial charge on any atom is -0.497 e. The molecule has 0 spiro atoms. The van der Waals surface area contributed by atoms with E-state index in [1.807, 2.05) is 24.3 Å². The third kappa shape index (κ3) is 3.78. The van der Waals surface area contributed by atoms with Crippen molar-refractivity contribution in [1.29, 1.82) is 0 Å². The molecule has 134 valence electrons. The van der Waals surface area contributed by atoms with E-state index in [0.29, 0.717) is 24.4 Å². The van der Waals surface area contributed by atoms with Crippen LogP contribution in [-0.4, -0.2) is 34.8 Å². The van der Waals surface area contributed by atoms with E-state index in [-0.39, 0.29) is 0 Å². The normalized spacial score (nSPS) is 17.5. The molecule has 1 aliphatic rings. The summed E-state index contributed by atoms with van der Waals surface area (Å²) in [5, 5.41) is 8.46. The average Bonchev–Trinajstić information content (AvgIpc) is 3.33. The molecular formula is C21H23N3O2. The van der Waals surface area contributed by atoms with Gasteiger partial charge in [0, 0.05) is 11.6 Å². The van der Waals surface area contributed by atoms with Crippen LogP contribution < -0.4 is 4.74 Å². The van der Waals surface area contributed by atoms with Crippen LogP contribution in [0, 0.1) is 0 Å². The smallest absolute Gasteiger partial charge is 0.247 e. The van der Waals surface area contributed by atoms with Gasteiger partial charge in [0.15, 0.2) is 0 Å². The van der Waals surface area contributed by atoms with Crippen LogP contribution >= 0.6 is 0 Å². The molecule has 2 aromatic carbocycles. The molecule has 0 N–H and O–H groups in total. The van der Waals surface area contributed by atoms with Crippen molar-refractivity contribution < 1.29 is 9.15 Å². The van der Waals surface area contributed by atoms with Gasteiger partial charge in [0.2, 0.25) is 11.8 Å². The lowest BCUT2D eigenvalue weighted by Crippen LogP contribution is -2.30. The van der Waals surface area contributed by atoms with Crippen molar-refractivity contribution >= 4 is 0 Å². The van der Waals surface area contributed by atoms with E-state index in [4.69, 9.17) is 9.15 Å². The number of nitrogens with zero attached hydrogens (tertiary/aromatic N) is 3. The Balaban J connectivity index is 1.42. The maximum Gasteiger partial charge on any atom is 0.247 e. The molecule has 0 radical (unpaired) electrons. The molecule has 1 aliphatic heterocycles. The van der Waals surface area contributed by atoms with Crippen LogP contribution in [0.25, 0.3) is 11.5 Å². The van der Waals surface area contributed by atoms with Gasteiger partial charge in [0.25, 0.3) is 0 Å². The summed E-state index contributed by atoms with van der Waals surface area (Å²) in [5.74, 6) is 2.05. The maximum atomic E-state index is 5.90. The van der Waals surface area contributed by atoms with E-state index in [2.05, 4.69) is 45.4 Å². The Morgan fingerprint density at radius 1 is 1.08 bits per heavy atom. The fourth-order valence-corrected chi connectivity index (χ4v) is 3.56. The molecular weight excluding hydrogens is 326 g/mol. The van der Waals surface area contributed by atoms with E-state index >= 15 is 0 Å². The number of ether oxygens (including phenoxy) is 1. The third-order valence-corrected chi connectivity index (χ3v) is 4.96. The summed E-state index contributed by atoms with van der Waals surface area (Å²) in [6.45, 7) is 1.79. The fraction of sp³-hybridized carbons (Fsp3) is 0.333. The Morgan fingerprint density at radius 2 is 1.88 bits per heavy atom. The average molecular weight is 349 g/mol. The predicted octanol–water partition coefficient (Wildman–Crippen LogP) is 3.95. The van der Waals surface area contributed by atoms with E-state index in [1.165, 1.54) is 18.4 Å². The monoisotopic (exact) mass is 349 g/mol. The minimum absolute atomic E-state index is 0.536. The number of hydrogen-bond donors (Lipinski definition) is 0. The number of hydrogen-bond acceptors (Lipinski definition) is 5. The summed E-state index contributed by atoms with van der Waals surface area (Å²) >= 11 is 0. The summed E-state index contributed by atoms with van der Waals surface area (Å²) in [5.41, 5.74) is 2.29. The molecule has 1 atom stereocenters. The van der Waals surface area contributed by atoms with Crippen LogP contribution in [0.4, 0.5) is 0 Å². The molecule has 0 aliphatic carbocycles. The number of benzene rings is 2. The molecule has 1 aromatic heterocycles. The minimum atomic E-state index is 0.536. The molecule has 0 bridgehead atoms. The Morgan fingerprint density at radius 3 is 2.65 bits per heavy atom. The van der Waals surface area contributed by atoms with Crippen LogP contribution in [0.15, 0.2) is 59.0 Å². The van der Waals surface area contributed by atoms with Gasteiger partial charge in [-0.1, -0.05) is 30.3 Å². The number of rotatable bonds is 6. The lowest BCUT2D eigenvalue weighted by Gasteiger charge is -2.22. The highest BCUT2D eigenvalue weighted by atomic mass is 16.5. The molecule has 4 rings (SSSR count). The van der Waals surface area contributed by atoms with E-state index < -0.39 is 0 Å². The topological polar surface area (TPSA) is 51.4 Å². The molecule has 26 heavy (non-hydrogen) atoms. The zero-order chi connectivity index (χ0) is 17.8. The van der Waals surface area contributed by atoms with Crippen molar-refractivity contribution in [2.75, 3.05) is 13.7 Å². The van der Waals surface area contributed by atoms with Crippen molar-refractivity contribution in [3.63, 3.8) is 0 Å². The quantitative estimate of drug-likeness (QED) is 0.674. The van der Waals surface area contributed by atoms with Gasteiger partial charge >= 0.3 is 0 Å². The van der Waals surface area contributed by atoms with Crippen LogP contribution in [0.3, 0.4) is 0 Å². The number of aromatic nitrogens is 2. The number of methoxy groups -OCH3 is 1. The Hall–Kier alpha value is -2.66. The first kappa shape index (κ1) is 16.8. The molecule has 1 saturated heterocycles. The Bertz CT molecular complexity index is 830. The summed E-state index contributed by atoms with van der Waals surface area (Å²) in [6.07, 6.45) is 3.51. The molecule has 5 nitrogen and oxygen atoms in total. The second-order valence-electron chi connectivity index (χ2n) is 6.69. The van der Waals surface area contributed by atoms with Crippen LogP contribution in [-0.2, 0) is 13.0 Å². The Kier molecular flexibility index (Phi) is 4.97. The van der Waals surface area contributed by atoms with Crippen molar-refractivity contribution in [2.45, 2.75) is 31.8 Å². The highest BCUT2D eigenvalue weighted by molar-refractivity contribution is 5.53. The summed E-state index contributed by atoms with van der Waals surface area (Å²) in [7, 11) is 1.65. The van der Waals surface area contributed by atoms with Crippen LogP contribution in [0.2, 0.25) is 0 Å².